The van der Waals surface area contributed by atoms with Crippen LogP contribution in [0.25, 0.3) is 0 Å². The second-order valence-electron chi connectivity index (χ2n) is 3.88. The topological polar surface area (TPSA) is 33.2 Å². The van der Waals surface area contributed by atoms with E-state index in [2.05, 4.69) is 4.98 Å². The molecule has 0 atom stereocenters. The molecule has 0 fully saturated rings. The third kappa shape index (κ3) is 1.78. The highest BCUT2D eigenvalue weighted by Gasteiger charge is 2.27. The zero-order chi connectivity index (χ0) is 12.7. The Morgan fingerprint density at radius 1 is 1.22 bits per heavy atom. The normalized spacial score (nSPS) is 12.9. The maximum atomic E-state index is 11.9. The molecule has 90 valence electrons. The summed E-state index contributed by atoms with van der Waals surface area (Å²) < 4.78 is 0. The van der Waals surface area contributed by atoms with Gasteiger partial charge in [0.05, 0.1) is 10.6 Å². The summed E-state index contributed by atoms with van der Waals surface area (Å²) in [6, 6.07) is 11.4. The van der Waals surface area contributed by atoms with Gasteiger partial charge in [0.15, 0.2) is 5.82 Å². The van der Waals surface area contributed by atoms with E-state index < -0.39 is 0 Å². The Labute approximate surface area is 114 Å². The quantitative estimate of drug-likeness (QED) is 0.685. The summed E-state index contributed by atoms with van der Waals surface area (Å²) in [5.74, 6) is 0.539. The smallest absolute Gasteiger partial charge is 0.229 e. The first-order chi connectivity index (χ1) is 8.66. The van der Waals surface area contributed by atoms with Crippen molar-refractivity contribution >= 4 is 40.8 Å². The summed E-state index contributed by atoms with van der Waals surface area (Å²) in [6.45, 7) is 1.53. The van der Waals surface area contributed by atoms with Crippen LogP contribution in [0.3, 0.4) is 0 Å². The van der Waals surface area contributed by atoms with E-state index in [0.29, 0.717) is 11.0 Å². The van der Waals surface area contributed by atoms with Crippen LogP contribution in [0.15, 0.2) is 46.2 Å². The fourth-order valence-electron chi connectivity index (χ4n) is 1.93. The maximum Gasteiger partial charge on any atom is 0.229 e. The summed E-state index contributed by atoms with van der Waals surface area (Å²) in [5.41, 5.74) is 0.859. The molecule has 1 aliphatic heterocycles. The largest absolute Gasteiger partial charge is 0.274 e. The minimum absolute atomic E-state index is 0.0706. The van der Waals surface area contributed by atoms with Gasteiger partial charge in [-0.05, 0) is 24.3 Å². The van der Waals surface area contributed by atoms with Gasteiger partial charge in [-0.25, -0.2) is 4.98 Å². The molecule has 3 nitrogen and oxygen atoms in total. The number of para-hydroxylation sites is 1. The predicted octanol–water partition coefficient (Wildman–Crippen LogP) is 3.88. The highest BCUT2D eigenvalue weighted by molar-refractivity contribution is 7.99. The van der Waals surface area contributed by atoms with E-state index in [9.17, 15) is 4.79 Å². The van der Waals surface area contributed by atoms with Crippen LogP contribution >= 0.6 is 23.4 Å². The number of hydrogen-bond acceptors (Lipinski definition) is 3. The van der Waals surface area contributed by atoms with Crippen molar-refractivity contribution < 1.29 is 4.79 Å². The van der Waals surface area contributed by atoms with E-state index in [1.165, 1.54) is 6.92 Å². The minimum atomic E-state index is -0.0706. The summed E-state index contributed by atoms with van der Waals surface area (Å²) in [7, 11) is 0. The van der Waals surface area contributed by atoms with Crippen molar-refractivity contribution in [2.75, 3.05) is 4.90 Å². The molecule has 2 aromatic rings. The monoisotopic (exact) mass is 276 g/mol. The molecule has 2 heterocycles. The van der Waals surface area contributed by atoms with Crippen molar-refractivity contribution in [3.05, 3.63) is 41.6 Å². The molecule has 1 aromatic carbocycles. The molecule has 0 aliphatic carbocycles. The van der Waals surface area contributed by atoms with Gasteiger partial charge >= 0.3 is 0 Å². The highest BCUT2D eigenvalue weighted by atomic mass is 35.5. The SMILES string of the molecule is CC(=O)N1c2ccccc2Sc2ccc(Cl)nc21. The number of hydrogen-bond donors (Lipinski definition) is 0. The molecule has 0 saturated heterocycles. The van der Waals surface area contributed by atoms with Crippen LogP contribution in [0.2, 0.25) is 5.15 Å². The van der Waals surface area contributed by atoms with Gasteiger partial charge < -0.3 is 0 Å². The Hall–Kier alpha value is -1.52. The van der Waals surface area contributed by atoms with E-state index in [1.54, 1.807) is 22.7 Å². The molecule has 1 aliphatic rings. The van der Waals surface area contributed by atoms with E-state index >= 15 is 0 Å². The number of nitrogens with zero attached hydrogens (tertiary/aromatic N) is 2. The third-order valence-corrected chi connectivity index (χ3v) is 3.97. The number of amides is 1. The Morgan fingerprint density at radius 2 is 2.00 bits per heavy atom. The maximum absolute atomic E-state index is 11.9. The third-order valence-electron chi connectivity index (χ3n) is 2.66. The molecule has 0 radical (unpaired) electrons. The summed E-state index contributed by atoms with van der Waals surface area (Å²) >= 11 is 7.51. The second kappa shape index (κ2) is 4.30. The first kappa shape index (κ1) is 11.6. The molecule has 5 heteroatoms. The number of pyridine rings is 1. The van der Waals surface area contributed by atoms with Crippen molar-refractivity contribution in [1.82, 2.24) is 4.98 Å². The zero-order valence-corrected chi connectivity index (χ0v) is 11.1. The Kier molecular flexibility index (Phi) is 2.76. The first-order valence-corrected chi connectivity index (χ1v) is 6.60. The number of fused-ring (bicyclic) bond motifs is 2. The van der Waals surface area contributed by atoms with Crippen LogP contribution in [-0.4, -0.2) is 10.9 Å². The van der Waals surface area contributed by atoms with Crippen LogP contribution in [-0.2, 0) is 4.79 Å². The van der Waals surface area contributed by atoms with Crippen LogP contribution in [0.4, 0.5) is 11.5 Å². The molecule has 0 unspecified atom stereocenters. The van der Waals surface area contributed by atoms with Gasteiger partial charge in [0.2, 0.25) is 5.91 Å². The molecule has 18 heavy (non-hydrogen) atoms. The van der Waals surface area contributed by atoms with Gasteiger partial charge in [0.25, 0.3) is 0 Å². The van der Waals surface area contributed by atoms with Crippen LogP contribution < -0.4 is 4.90 Å². The van der Waals surface area contributed by atoms with Crippen molar-refractivity contribution in [2.45, 2.75) is 16.7 Å². The number of carbonyl (C=O) groups is 1. The molecular weight excluding hydrogens is 268 g/mol. The van der Waals surface area contributed by atoms with Gasteiger partial charge in [-0.15, -0.1) is 0 Å². The molecule has 1 aromatic heterocycles. The second-order valence-corrected chi connectivity index (χ2v) is 5.35. The standard InChI is InChI=1S/C13H9ClN2OS/c1-8(17)16-9-4-2-3-5-10(9)18-11-6-7-12(14)15-13(11)16/h2-7H,1H3. The van der Waals surface area contributed by atoms with Gasteiger partial charge in [-0.1, -0.05) is 35.5 Å². The van der Waals surface area contributed by atoms with Crippen molar-refractivity contribution in [1.29, 1.82) is 0 Å². The van der Waals surface area contributed by atoms with E-state index in [4.69, 9.17) is 11.6 Å². The molecule has 0 saturated carbocycles. The Balaban J connectivity index is 2.24. The number of carbonyl (C=O) groups excluding carboxylic acids is 1. The fraction of sp³-hybridized carbons (Fsp3) is 0.0769. The predicted molar refractivity (Wildman–Crippen MR) is 72.6 cm³/mol. The number of halogens is 1. The Morgan fingerprint density at radius 3 is 2.78 bits per heavy atom. The molecule has 0 spiro atoms. The van der Waals surface area contributed by atoms with Crippen molar-refractivity contribution in [2.24, 2.45) is 0 Å². The fourth-order valence-corrected chi connectivity index (χ4v) is 3.09. The lowest BCUT2D eigenvalue weighted by Crippen LogP contribution is -2.26. The van der Waals surface area contributed by atoms with Crippen molar-refractivity contribution in [3.63, 3.8) is 0 Å². The minimum Gasteiger partial charge on any atom is -0.274 e. The van der Waals surface area contributed by atoms with Crippen LogP contribution in [0, 0.1) is 0 Å². The lowest BCUT2D eigenvalue weighted by Gasteiger charge is -2.28. The molecule has 1 amide bonds. The molecule has 0 bridgehead atoms. The summed E-state index contributed by atoms with van der Waals surface area (Å²) in [4.78, 5) is 19.7. The van der Waals surface area contributed by atoms with Gasteiger partial charge in [-0.2, -0.15) is 0 Å². The van der Waals surface area contributed by atoms with Crippen LogP contribution in [0.5, 0.6) is 0 Å². The lowest BCUT2D eigenvalue weighted by molar-refractivity contribution is -0.115. The summed E-state index contributed by atoms with van der Waals surface area (Å²) in [6.07, 6.45) is 0. The van der Waals surface area contributed by atoms with Gasteiger partial charge in [0.1, 0.15) is 5.15 Å². The number of rotatable bonds is 0. The first-order valence-electron chi connectivity index (χ1n) is 5.41. The van der Waals surface area contributed by atoms with Gasteiger partial charge in [-0.3, -0.25) is 9.69 Å². The van der Waals surface area contributed by atoms with Gasteiger partial charge in [0, 0.05) is 11.8 Å². The number of aromatic nitrogens is 1. The molecule has 3 rings (SSSR count). The number of benzene rings is 1. The lowest BCUT2D eigenvalue weighted by atomic mass is 10.2. The Bertz CT molecular complexity index is 645. The molecule has 0 N–H and O–H groups in total. The van der Waals surface area contributed by atoms with E-state index in [-0.39, 0.29) is 5.91 Å². The average molecular weight is 277 g/mol. The van der Waals surface area contributed by atoms with E-state index in [0.717, 1.165) is 15.5 Å². The highest BCUT2D eigenvalue weighted by Crippen LogP contribution is 2.47. The van der Waals surface area contributed by atoms with Crippen LogP contribution in [0.1, 0.15) is 6.92 Å². The van der Waals surface area contributed by atoms with E-state index in [1.807, 2.05) is 30.3 Å². The van der Waals surface area contributed by atoms with Crippen molar-refractivity contribution in [3.8, 4) is 0 Å². The summed E-state index contributed by atoms with van der Waals surface area (Å²) in [5, 5.41) is 0.389. The zero-order valence-electron chi connectivity index (χ0n) is 9.55. The average Bonchev–Trinajstić information content (AvgIpc) is 2.35. The molecular formula is C13H9ClN2OS. The number of anilines is 2.